The van der Waals surface area contributed by atoms with Crippen LogP contribution in [0.15, 0.2) is 60.7 Å². The molecule has 0 saturated heterocycles. The molecule has 0 radical (unpaired) electrons. The van der Waals surface area contributed by atoms with Gasteiger partial charge < -0.3 is 20.4 Å². The molecule has 2 N–H and O–H groups in total. The summed E-state index contributed by atoms with van der Waals surface area (Å²) < 4.78 is 0. The highest BCUT2D eigenvalue weighted by Gasteiger charge is 2.38. The van der Waals surface area contributed by atoms with Crippen molar-refractivity contribution in [2.75, 3.05) is 28.2 Å². The van der Waals surface area contributed by atoms with Crippen molar-refractivity contribution in [3.05, 3.63) is 71.8 Å². The summed E-state index contributed by atoms with van der Waals surface area (Å²) in [7, 11) is 6.63. The number of amides is 4. The van der Waals surface area contributed by atoms with E-state index in [0.717, 1.165) is 11.1 Å². The third-order valence-corrected chi connectivity index (χ3v) is 3.81. The van der Waals surface area contributed by atoms with Crippen molar-refractivity contribution in [2.24, 2.45) is 0 Å². The molecule has 0 fully saturated rings. The van der Waals surface area contributed by atoms with Gasteiger partial charge >= 0.3 is 12.1 Å². The van der Waals surface area contributed by atoms with Gasteiger partial charge in [-0.05, 0) is 0 Å². The van der Waals surface area contributed by atoms with E-state index in [4.69, 9.17) is 0 Å². The van der Waals surface area contributed by atoms with E-state index in [0.29, 0.717) is 0 Å². The van der Waals surface area contributed by atoms with Crippen LogP contribution in [0.25, 0.3) is 0 Å². The van der Waals surface area contributed by atoms with Crippen LogP contribution in [-0.2, 0) is 5.66 Å². The highest BCUT2D eigenvalue weighted by atomic mass is 16.2. The normalized spacial score (nSPS) is 10.7. The van der Waals surface area contributed by atoms with Gasteiger partial charge in [0.25, 0.3) is 0 Å². The second-order valence-corrected chi connectivity index (χ2v) is 6.13. The van der Waals surface area contributed by atoms with E-state index < -0.39 is 5.66 Å². The molecule has 0 aliphatic carbocycles. The van der Waals surface area contributed by atoms with Crippen molar-refractivity contribution in [1.29, 1.82) is 0 Å². The van der Waals surface area contributed by atoms with Crippen LogP contribution in [0.4, 0.5) is 9.59 Å². The first-order valence-corrected chi connectivity index (χ1v) is 7.97. The number of rotatable bonds is 4. The Morgan fingerprint density at radius 3 is 1.28 bits per heavy atom. The molecule has 0 saturated carbocycles. The molecule has 6 heteroatoms. The first kappa shape index (κ1) is 18.3. The second kappa shape index (κ2) is 7.70. The maximum atomic E-state index is 12.5. The summed E-state index contributed by atoms with van der Waals surface area (Å²) in [5.74, 6) is 0. The van der Waals surface area contributed by atoms with Crippen LogP contribution >= 0.6 is 0 Å². The molecule has 0 atom stereocenters. The van der Waals surface area contributed by atoms with Gasteiger partial charge in [-0.1, -0.05) is 60.7 Å². The Labute approximate surface area is 148 Å². The number of nitrogens with one attached hydrogen (secondary N) is 2. The molecule has 2 rings (SSSR count). The highest BCUT2D eigenvalue weighted by Crippen LogP contribution is 2.27. The molecule has 4 amide bonds. The topological polar surface area (TPSA) is 64.7 Å². The number of hydrogen-bond acceptors (Lipinski definition) is 2. The van der Waals surface area contributed by atoms with Crippen molar-refractivity contribution < 1.29 is 9.59 Å². The van der Waals surface area contributed by atoms with E-state index in [1.165, 1.54) is 9.80 Å². The van der Waals surface area contributed by atoms with Crippen molar-refractivity contribution in [2.45, 2.75) is 5.66 Å². The van der Waals surface area contributed by atoms with Crippen LogP contribution < -0.4 is 10.6 Å². The second-order valence-electron chi connectivity index (χ2n) is 6.13. The average Bonchev–Trinajstić information content (AvgIpc) is 2.62. The molecular formula is C19H24N4O2. The Bertz CT molecular complexity index is 651. The highest BCUT2D eigenvalue weighted by molar-refractivity contribution is 5.79. The summed E-state index contributed by atoms with van der Waals surface area (Å²) in [5.41, 5.74) is 0.323. The van der Waals surface area contributed by atoms with Crippen LogP contribution in [0.3, 0.4) is 0 Å². The van der Waals surface area contributed by atoms with Crippen LogP contribution in [0.1, 0.15) is 11.1 Å². The molecule has 0 bridgehead atoms. The van der Waals surface area contributed by atoms with E-state index >= 15 is 0 Å². The molecule has 0 spiro atoms. The first-order valence-electron chi connectivity index (χ1n) is 7.97. The van der Waals surface area contributed by atoms with Gasteiger partial charge in [0.15, 0.2) is 5.66 Å². The lowest BCUT2D eigenvalue weighted by Gasteiger charge is -2.38. The predicted molar refractivity (Wildman–Crippen MR) is 98.1 cm³/mol. The van der Waals surface area contributed by atoms with Gasteiger partial charge in [-0.25, -0.2) is 9.59 Å². The van der Waals surface area contributed by atoms with Gasteiger partial charge in [-0.15, -0.1) is 0 Å². The molecule has 25 heavy (non-hydrogen) atoms. The molecule has 0 aliphatic heterocycles. The van der Waals surface area contributed by atoms with E-state index in [1.54, 1.807) is 28.2 Å². The minimum absolute atomic E-state index is 0.313. The zero-order valence-electron chi connectivity index (χ0n) is 15.0. The van der Waals surface area contributed by atoms with Crippen molar-refractivity contribution in [1.82, 2.24) is 20.4 Å². The maximum Gasteiger partial charge on any atom is 0.319 e. The van der Waals surface area contributed by atoms with E-state index in [1.807, 2.05) is 60.7 Å². The quantitative estimate of drug-likeness (QED) is 0.840. The molecule has 0 aliphatic rings. The summed E-state index contributed by atoms with van der Waals surface area (Å²) in [5, 5.41) is 5.95. The number of benzene rings is 2. The van der Waals surface area contributed by atoms with Crippen LogP contribution in [-0.4, -0.2) is 50.1 Å². The van der Waals surface area contributed by atoms with E-state index in [9.17, 15) is 9.59 Å². The zero-order valence-corrected chi connectivity index (χ0v) is 15.0. The fraction of sp³-hybridized carbons (Fsp3) is 0.263. The minimum atomic E-state index is -1.19. The average molecular weight is 340 g/mol. The third-order valence-electron chi connectivity index (χ3n) is 3.81. The third kappa shape index (κ3) is 4.09. The van der Waals surface area contributed by atoms with E-state index in [-0.39, 0.29) is 12.1 Å². The minimum Gasteiger partial charge on any atom is -0.331 e. The van der Waals surface area contributed by atoms with Crippen LogP contribution in [0.5, 0.6) is 0 Å². The number of nitrogens with zero attached hydrogens (tertiary/aromatic N) is 2. The molecule has 2 aromatic carbocycles. The Morgan fingerprint density at radius 2 is 1.00 bits per heavy atom. The maximum absolute atomic E-state index is 12.5. The summed E-state index contributed by atoms with van der Waals surface area (Å²) >= 11 is 0. The summed E-state index contributed by atoms with van der Waals surface area (Å²) in [4.78, 5) is 27.9. The summed E-state index contributed by atoms with van der Waals surface area (Å²) in [6.07, 6.45) is 0. The van der Waals surface area contributed by atoms with Gasteiger partial charge in [-0.2, -0.15) is 0 Å². The fourth-order valence-electron chi connectivity index (χ4n) is 2.41. The SMILES string of the molecule is CN(C)C(=O)NC(NC(=O)N(C)C)(c1ccccc1)c1ccccc1. The van der Waals surface area contributed by atoms with Crippen LogP contribution in [0.2, 0.25) is 0 Å². The van der Waals surface area contributed by atoms with Crippen molar-refractivity contribution in [3.8, 4) is 0 Å². The fourth-order valence-corrected chi connectivity index (χ4v) is 2.41. The number of carbonyl (C=O) groups is 2. The lowest BCUT2D eigenvalue weighted by molar-refractivity contribution is 0.186. The standard InChI is InChI=1S/C19H24N4O2/c1-22(2)17(24)20-19(21-18(25)23(3)4,15-11-7-5-8-12-15)16-13-9-6-10-14-16/h5-14H,1-4H3,(H,20,24)(H,21,25). The Morgan fingerprint density at radius 1 is 0.680 bits per heavy atom. The summed E-state index contributed by atoms with van der Waals surface area (Å²) in [6, 6.07) is 18.1. The smallest absolute Gasteiger partial charge is 0.319 e. The van der Waals surface area contributed by atoms with Gasteiger partial charge in [0, 0.05) is 39.3 Å². The molecule has 0 unspecified atom stereocenters. The number of carbonyl (C=O) groups excluding carboxylic acids is 2. The monoisotopic (exact) mass is 340 g/mol. The number of urea groups is 2. The summed E-state index contributed by atoms with van der Waals surface area (Å²) in [6.45, 7) is 0. The molecule has 2 aromatic rings. The van der Waals surface area contributed by atoms with Gasteiger partial charge in [0.2, 0.25) is 0 Å². The molecule has 6 nitrogen and oxygen atoms in total. The molecular weight excluding hydrogens is 316 g/mol. The van der Waals surface area contributed by atoms with Crippen LogP contribution in [0, 0.1) is 0 Å². The predicted octanol–water partition coefficient (Wildman–Crippen LogP) is 2.43. The van der Waals surface area contributed by atoms with Crippen molar-refractivity contribution in [3.63, 3.8) is 0 Å². The van der Waals surface area contributed by atoms with E-state index in [2.05, 4.69) is 10.6 Å². The van der Waals surface area contributed by atoms with Crippen molar-refractivity contribution >= 4 is 12.1 Å². The largest absolute Gasteiger partial charge is 0.331 e. The van der Waals surface area contributed by atoms with Gasteiger partial charge in [0.05, 0.1) is 0 Å². The first-order chi connectivity index (χ1) is 11.9. The Balaban J connectivity index is 2.64. The molecule has 0 heterocycles. The Kier molecular flexibility index (Phi) is 5.64. The lowest BCUT2D eigenvalue weighted by atomic mass is 9.91. The van der Waals surface area contributed by atoms with Gasteiger partial charge in [0.1, 0.15) is 0 Å². The lowest BCUT2D eigenvalue weighted by Crippen LogP contribution is -2.61. The molecule has 132 valence electrons. The Hall–Kier alpha value is -3.02. The zero-order chi connectivity index (χ0) is 18.4. The van der Waals surface area contributed by atoms with Gasteiger partial charge in [-0.3, -0.25) is 0 Å². The number of hydrogen-bond donors (Lipinski definition) is 2. The molecule has 0 aromatic heterocycles.